The van der Waals surface area contributed by atoms with E-state index in [-0.39, 0.29) is 12.3 Å². The molecule has 1 aromatic carbocycles. The summed E-state index contributed by atoms with van der Waals surface area (Å²) in [5.41, 5.74) is 0.707. The summed E-state index contributed by atoms with van der Waals surface area (Å²) in [6.45, 7) is 1.80. The van der Waals surface area contributed by atoms with Gasteiger partial charge < -0.3 is 4.74 Å². The van der Waals surface area contributed by atoms with Gasteiger partial charge in [0.1, 0.15) is 18.1 Å². The van der Waals surface area contributed by atoms with Gasteiger partial charge in [-0.05, 0) is 36.8 Å². The highest BCUT2D eigenvalue weighted by molar-refractivity contribution is 5.76. The number of nitrogens with zero attached hydrogens (tertiary/aromatic N) is 1. The van der Waals surface area contributed by atoms with Crippen LogP contribution in [-0.2, 0) is 12.8 Å². The summed E-state index contributed by atoms with van der Waals surface area (Å²) in [4.78, 5) is 14.9. The minimum absolute atomic E-state index is 0.0592. The number of aryl methyl sites for hydroxylation is 1. The third kappa shape index (κ3) is 3.81. The van der Waals surface area contributed by atoms with Gasteiger partial charge in [0.2, 0.25) is 0 Å². The molecule has 0 fully saturated rings. The van der Waals surface area contributed by atoms with E-state index in [0.29, 0.717) is 23.3 Å². The molecule has 0 aliphatic rings. The molecule has 0 aliphatic carbocycles. The topological polar surface area (TPSA) is 39.2 Å². The first kappa shape index (κ1) is 15.0. The SMILES string of the molecule is Cc1ccc(OCc2ccc(C(F)(F)F)cc2)c(C=O)n1. The molecule has 0 aliphatic heterocycles. The third-order valence-corrected chi connectivity index (χ3v) is 2.81. The van der Waals surface area contributed by atoms with Crippen molar-refractivity contribution in [3.63, 3.8) is 0 Å². The molecule has 2 aromatic rings. The second-order valence-corrected chi connectivity index (χ2v) is 4.44. The van der Waals surface area contributed by atoms with Gasteiger partial charge in [0.15, 0.2) is 6.29 Å². The second kappa shape index (κ2) is 5.95. The molecule has 0 atom stereocenters. The molecule has 1 aromatic heterocycles. The highest BCUT2D eigenvalue weighted by Crippen LogP contribution is 2.29. The molecule has 0 N–H and O–H groups in total. The Hall–Kier alpha value is -2.37. The van der Waals surface area contributed by atoms with E-state index < -0.39 is 11.7 Å². The van der Waals surface area contributed by atoms with E-state index in [4.69, 9.17) is 4.74 Å². The first-order valence-electron chi connectivity index (χ1n) is 6.12. The lowest BCUT2D eigenvalue weighted by Crippen LogP contribution is -2.05. The number of aromatic nitrogens is 1. The number of carbonyl (C=O) groups excluding carboxylic acids is 1. The summed E-state index contributed by atoms with van der Waals surface area (Å²) in [7, 11) is 0. The lowest BCUT2D eigenvalue weighted by molar-refractivity contribution is -0.137. The van der Waals surface area contributed by atoms with Gasteiger partial charge in [-0.3, -0.25) is 4.79 Å². The van der Waals surface area contributed by atoms with Crippen molar-refractivity contribution in [2.45, 2.75) is 19.7 Å². The van der Waals surface area contributed by atoms with Crippen LogP contribution in [0.15, 0.2) is 36.4 Å². The molecule has 21 heavy (non-hydrogen) atoms. The molecule has 0 radical (unpaired) electrons. The van der Waals surface area contributed by atoms with E-state index in [1.807, 2.05) is 0 Å². The first-order valence-corrected chi connectivity index (χ1v) is 6.12. The molecular formula is C15H12F3NO2. The molecule has 2 rings (SSSR count). The van der Waals surface area contributed by atoms with Crippen molar-refractivity contribution in [3.05, 3.63) is 58.9 Å². The molecule has 0 saturated heterocycles. The standard InChI is InChI=1S/C15H12F3NO2/c1-10-2-7-14(13(8-20)19-10)21-9-11-3-5-12(6-4-11)15(16,17)18/h2-8H,9H2,1H3. The fourth-order valence-electron chi connectivity index (χ4n) is 1.72. The van der Waals surface area contributed by atoms with Crippen LogP contribution in [0.4, 0.5) is 13.2 Å². The van der Waals surface area contributed by atoms with Gasteiger partial charge in [0, 0.05) is 5.69 Å². The smallest absolute Gasteiger partial charge is 0.416 e. The summed E-state index contributed by atoms with van der Waals surface area (Å²) in [6, 6.07) is 7.96. The average molecular weight is 295 g/mol. The van der Waals surface area contributed by atoms with E-state index in [1.54, 1.807) is 19.1 Å². The molecule has 0 saturated carbocycles. The number of carbonyl (C=O) groups is 1. The molecule has 3 nitrogen and oxygen atoms in total. The highest BCUT2D eigenvalue weighted by atomic mass is 19.4. The number of alkyl halides is 3. The quantitative estimate of drug-likeness (QED) is 0.805. The maximum atomic E-state index is 12.4. The Morgan fingerprint density at radius 1 is 1.14 bits per heavy atom. The van der Waals surface area contributed by atoms with Crippen LogP contribution in [0.3, 0.4) is 0 Å². The van der Waals surface area contributed by atoms with Crippen LogP contribution in [0, 0.1) is 6.92 Å². The number of halogens is 3. The van der Waals surface area contributed by atoms with Crippen molar-refractivity contribution in [2.24, 2.45) is 0 Å². The zero-order valence-corrected chi connectivity index (χ0v) is 11.1. The van der Waals surface area contributed by atoms with Crippen LogP contribution >= 0.6 is 0 Å². The largest absolute Gasteiger partial charge is 0.487 e. The van der Waals surface area contributed by atoms with Gasteiger partial charge in [-0.2, -0.15) is 13.2 Å². The van der Waals surface area contributed by atoms with Gasteiger partial charge in [-0.1, -0.05) is 12.1 Å². The van der Waals surface area contributed by atoms with Crippen molar-refractivity contribution < 1.29 is 22.7 Å². The van der Waals surface area contributed by atoms with Crippen molar-refractivity contribution in [1.29, 1.82) is 0 Å². The molecule has 0 bridgehead atoms. The Morgan fingerprint density at radius 3 is 2.38 bits per heavy atom. The van der Waals surface area contributed by atoms with E-state index in [0.717, 1.165) is 12.1 Å². The van der Waals surface area contributed by atoms with E-state index >= 15 is 0 Å². The molecule has 0 amide bonds. The maximum Gasteiger partial charge on any atom is 0.416 e. The molecule has 0 spiro atoms. The normalized spacial score (nSPS) is 11.2. The Bertz CT molecular complexity index is 636. The Balaban J connectivity index is 2.08. The van der Waals surface area contributed by atoms with Crippen LogP contribution in [0.2, 0.25) is 0 Å². The van der Waals surface area contributed by atoms with Crippen LogP contribution in [0.1, 0.15) is 27.3 Å². The number of aldehydes is 1. The predicted octanol–water partition coefficient (Wildman–Crippen LogP) is 3.80. The highest BCUT2D eigenvalue weighted by Gasteiger charge is 2.29. The number of hydrogen-bond donors (Lipinski definition) is 0. The lowest BCUT2D eigenvalue weighted by Gasteiger charge is -2.10. The van der Waals surface area contributed by atoms with Crippen LogP contribution in [0.5, 0.6) is 5.75 Å². The number of pyridine rings is 1. The first-order chi connectivity index (χ1) is 9.90. The number of hydrogen-bond acceptors (Lipinski definition) is 3. The number of benzene rings is 1. The summed E-state index contributed by atoms with van der Waals surface area (Å²) < 4.78 is 42.7. The molecule has 1 heterocycles. The minimum Gasteiger partial charge on any atom is -0.487 e. The van der Waals surface area contributed by atoms with Crippen LogP contribution < -0.4 is 4.74 Å². The van der Waals surface area contributed by atoms with Gasteiger partial charge in [-0.25, -0.2) is 4.98 Å². The Morgan fingerprint density at radius 2 is 1.81 bits per heavy atom. The van der Waals surface area contributed by atoms with Crippen molar-refractivity contribution >= 4 is 6.29 Å². The van der Waals surface area contributed by atoms with Gasteiger partial charge in [0.25, 0.3) is 0 Å². The molecule has 6 heteroatoms. The molecule has 0 unspecified atom stereocenters. The van der Waals surface area contributed by atoms with Crippen LogP contribution in [-0.4, -0.2) is 11.3 Å². The van der Waals surface area contributed by atoms with Crippen molar-refractivity contribution in [2.75, 3.05) is 0 Å². The van der Waals surface area contributed by atoms with Gasteiger partial charge >= 0.3 is 6.18 Å². The summed E-state index contributed by atoms with van der Waals surface area (Å²) in [5, 5.41) is 0. The number of rotatable bonds is 4. The fraction of sp³-hybridized carbons (Fsp3) is 0.200. The summed E-state index contributed by atoms with van der Waals surface area (Å²) >= 11 is 0. The van der Waals surface area contributed by atoms with Gasteiger partial charge in [-0.15, -0.1) is 0 Å². The zero-order valence-electron chi connectivity index (χ0n) is 11.1. The third-order valence-electron chi connectivity index (χ3n) is 2.81. The fourth-order valence-corrected chi connectivity index (χ4v) is 1.72. The maximum absolute atomic E-state index is 12.4. The summed E-state index contributed by atoms with van der Waals surface area (Å²) in [5.74, 6) is 0.301. The second-order valence-electron chi connectivity index (χ2n) is 4.44. The molecular weight excluding hydrogens is 283 g/mol. The lowest BCUT2D eigenvalue weighted by atomic mass is 10.1. The van der Waals surface area contributed by atoms with E-state index in [1.165, 1.54) is 12.1 Å². The van der Waals surface area contributed by atoms with Gasteiger partial charge in [0.05, 0.1) is 5.56 Å². The monoisotopic (exact) mass is 295 g/mol. The van der Waals surface area contributed by atoms with E-state index in [9.17, 15) is 18.0 Å². The number of ether oxygens (including phenoxy) is 1. The molecule has 110 valence electrons. The average Bonchev–Trinajstić information content (AvgIpc) is 2.45. The zero-order chi connectivity index (χ0) is 15.5. The summed E-state index contributed by atoms with van der Waals surface area (Å²) in [6.07, 6.45) is -3.78. The minimum atomic E-state index is -4.36. The van der Waals surface area contributed by atoms with Crippen molar-refractivity contribution in [3.8, 4) is 5.75 Å². The van der Waals surface area contributed by atoms with Crippen molar-refractivity contribution in [1.82, 2.24) is 4.98 Å². The Labute approximate surface area is 119 Å². The predicted molar refractivity (Wildman–Crippen MR) is 70.1 cm³/mol. The van der Waals surface area contributed by atoms with Crippen LogP contribution in [0.25, 0.3) is 0 Å². The van der Waals surface area contributed by atoms with E-state index in [2.05, 4.69) is 4.98 Å². The Kier molecular flexibility index (Phi) is 4.26.